The zero-order chi connectivity index (χ0) is 14.8. The number of nitrogens with zero attached hydrogens (tertiary/aromatic N) is 2. The highest BCUT2D eigenvalue weighted by Crippen LogP contribution is 2.30. The molecule has 4 heteroatoms. The first-order chi connectivity index (χ1) is 10.2. The molecule has 0 unspecified atom stereocenters. The Labute approximate surface area is 133 Å². The quantitative estimate of drug-likeness (QED) is 0.733. The summed E-state index contributed by atoms with van der Waals surface area (Å²) < 4.78 is 3.22. The van der Waals surface area contributed by atoms with Crippen LogP contribution < -0.4 is 5.32 Å². The van der Waals surface area contributed by atoms with Crippen molar-refractivity contribution in [3.63, 3.8) is 0 Å². The van der Waals surface area contributed by atoms with Crippen molar-refractivity contribution in [2.75, 3.05) is 11.9 Å². The Morgan fingerprint density at radius 1 is 1.14 bits per heavy atom. The predicted octanol–water partition coefficient (Wildman–Crippen LogP) is 4.86. The molecule has 0 atom stereocenters. The van der Waals surface area contributed by atoms with Gasteiger partial charge in [0.25, 0.3) is 0 Å². The van der Waals surface area contributed by atoms with Gasteiger partial charge in [-0.25, -0.2) is 4.98 Å². The average molecular weight is 344 g/mol. The highest BCUT2D eigenvalue weighted by atomic mass is 79.9. The largest absolute Gasteiger partial charge is 0.355 e. The second-order valence-electron chi connectivity index (χ2n) is 5.51. The smallest absolute Gasteiger partial charge is 0.207 e. The Bertz CT molecular complexity index is 762. The summed E-state index contributed by atoms with van der Waals surface area (Å²) in [7, 11) is 0. The minimum atomic E-state index is 0.580. The third-order valence-electron chi connectivity index (χ3n) is 3.42. The van der Waals surface area contributed by atoms with Gasteiger partial charge in [-0.2, -0.15) is 0 Å². The minimum Gasteiger partial charge on any atom is -0.355 e. The summed E-state index contributed by atoms with van der Waals surface area (Å²) >= 11 is 3.62. The Morgan fingerprint density at radius 3 is 2.67 bits per heavy atom. The van der Waals surface area contributed by atoms with Crippen LogP contribution in [0.3, 0.4) is 0 Å². The normalized spacial score (nSPS) is 11.2. The van der Waals surface area contributed by atoms with E-state index >= 15 is 0 Å². The number of nitrogens with one attached hydrogen (secondary N) is 1. The molecular weight excluding hydrogens is 326 g/mol. The van der Waals surface area contributed by atoms with Gasteiger partial charge >= 0.3 is 0 Å². The van der Waals surface area contributed by atoms with Crippen molar-refractivity contribution in [2.45, 2.75) is 13.8 Å². The molecule has 0 aliphatic heterocycles. The van der Waals surface area contributed by atoms with E-state index in [0.29, 0.717) is 5.92 Å². The van der Waals surface area contributed by atoms with Crippen LogP contribution in [0.4, 0.5) is 5.95 Å². The van der Waals surface area contributed by atoms with Crippen LogP contribution in [0.2, 0.25) is 0 Å². The minimum absolute atomic E-state index is 0.580. The van der Waals surface area contributed by atoms with Crippen molar-refractivity contribution >= 4 is 32.7 Å². The summed E-state index contributed by atoms with van der Waals surface area (Å²) in [6.45, 7) is 5.29. The first kappa shape index (κ1) is 14.1. The Balaban J connectivity index is 2.09. The molecule has 1 aromatic heterocycles. The van der Waals surface area contributed by atoms with E-state index in [1.807, 2.05) is 12.4 Å². The molecule has 108 valence electrons. The molecule has 1 heterocycles. The highest BCUT2D eigenvalue weighted by molar-refractivity contribution is 9.10. The fourth-order valence-electron chi connectivity index (χ4n) is 2.38. The van der Waals surface area contributed by atoms with E-state index in [4.69, 9.17) is 0 Å². The maximum atomic E-state index is 4.43. The van der Waals surface area contributed by atoms with Crippen molar-refractivity contribution in [3.05, 3.63) is 53.3 Å². The number of rotatable bonds is 4. The molecule has 0 saturated carbocycles. The fourth-order valence-corrected chi connectivity index (χ4v) is 2.86. The van der Waals surface area contributed by atoms with Crippen LogP contribution in [-0.2, 0) is 0 Å². The number of hydrogen-bond donors (Lipinski definition) is 1. The Hall–Kier alpha value is -1.81. The van der Waals surface area contributed by atoms with E-state index in [9.17, 15) is 0 Å². The molecule has 0 spiro atoms. The molecule has 0 fully saturated rings. The maximum absolute atomic E-state index is 4.43. The molecule has 1 N–H and O–H groups in total. The van der Waals surface area contributed by atoms with E-state index in [0.717, 1.165) is 22.7 Å². The maximum Gasteiger partial charge on any atom is 0.207 e. The van der Waals surface area contributed by atoms with Crippen LogP contribution in [0.15, 0.2) is 53.3 Å². The number of benzene rings is 2. The van der Waals surface area contributed by atoms with Gasteiger partial charge in [-0.3, -0.25) is 4.57 Å². The van der Waals surface area contributed by atoms with Gasteiger partial charge in [-0.1, -0.05) is 54.0 Å². The molecule has 21 heavy (non-hydrogen) atoms. The van der Waals surface area contributed by atoms with Gasteiger partial charge in [0.1, 0.15) is 0 Å². The Kier molecular flexibility index (Phi) is 3.97. The van der Waals surface area contributed by atoms with E-state index < -0.39 is 0 Å². The fraction of sp³-hybridized carbons (Fsp3) is 0.235. The lowest BCUT2D eigenvalue weighted by Gasteiger charge is -2.14. The number of hydrogen-bond acceptors (Lipinski definition) is 2. The van der Waals surface area contributed by atoms with Gasteiger partial charge in [-0.05, 0) is 23.4 Å². The summed E-state index contributed by atoms with van der Waals surface area (Å²) in [5, 5.41) is 5.82. The molecule has 0 amide bonds. The van der Waals surface area contributed by atoms with E-state index in [2.05, 4.69) is 81.0 Å². The van der Waals surface area contributed by atoms with Crippen LogP contribution in [0.1, 0.15) is 13.8 Å². The first-order valence-corrected chi connectivity index (χ1v) is 7.91. The van der Waals surface area contributed by atoms with Crippen molar-refractivity contribution in [1.29, 1.82) is 0 Å². The van der Waals surface area contributed by atoms with E-state index in [1.54, 1.807) is 0 Å². The number of halogens is 1. The van der Waals surface area contributed by atoms with Crippen LogP contribution in [0.25, 0.3) is 16.5 Å². The summed E-state index contributed by atoms with van der Waals surface area (Å²) in [5.74, 6) is 1.47. The van der Waals surface area contributed by atoms with Crippen molar-refractivity contribution in [2.24, 2.45) is 5.92 Å². The van der Waals surface area contributed by atoms with Gasteiger partial charge in [0.2, 0.25) is 5.95 Å². The lowest BCUT2D eigenvalue weighted by molar-refractivity contribution is 0.683. The molecule has 0 saturated heterocycles. The number of anilines is 1. The molecule has 0 radical (unpaired) electrons. The third-order valence-corrected chi connectivity index (χ3v) is 4.11. The standard InChI is InChI=1S/C17H18BrN3/c1-12(2)11-20-17-19-9-10-21(17)16-8-7-15(18)13-5-3-4-6-14(13)16/h3-10,12H,11H2,1-2H3,(H,19,20). The van der Waals surface area contributed by atoms with Crippen molar-refractivity contribution in [3.8, 4) is 5.69 Å². The summed E-state index contributed by atoms with van der Waals surface area (Å²) in [5.41, 5.74) is 1.14. The van der Waals surface area contributed by atoms with Gasteiger partial charge in [0, 0.05) is 28.8 Å². The summed E-state index contributed by atoms with van der Waals surface area (Å²) in [4.78, 5) is 4.43. The molecular formula is C17H18BrN3. The second kappa shape index (κ2) is 5.90. The van der Waals surface area contributed by atoms with Crippen molar-refractivity contribution < 1.29 is 0 Å². The molecule has 0 aliphatic carbocycles. The Morgan fingerprint density at radius 2 is 1.90 bits per heavy atom. The molecule has 2 aromatic carbocycles. The lowest BCUT2D eigenvalue weighted by atomic mass is 10.1. The van der Waals surface area contributed by atoms with E-state index in [-0.39, 0.29) is 0 Å². The van der Waals surface area contributed by atoms with Crippen LogP contribution in [0, 0.1) is 5.92 Å². The van der Waals surface area contributed by atoms with Crippen LogP contribution in [0.5, 0.6) is 0 Å². The highest BCUT2D eigenvalue weighted by Gasteiger charge is 2.10. The molecule has 3 rings (SSSR count). The number of imidazole rings is 1. The van der Waals surface area contributed by atoms with Crippen LogP contribution >= 0.6 is 15.9 Å². The average Bonchev–Trinajstić information content (AvgIpc) is 2.94. The number of fused-ring (bicyclic) bond motifs is 1. The molecule has 0 bridgehead atoms. The second-order valence-corrected chi connectivity index (χ2v) is 6.36. The zero-order valence-corrected chi connectivity index (χ0v) is 13.8. The predicted molar refractivity (Wildman–Crippen MR) is 92.1 cm³/mol. The SMILES string of the molecule is CC(C)CNc1nccn1-c1ccc(Br)c2ccccc12. The third kappa shape index (κ3) is 2.81. The number of aromatic nitrogens is 2. The van der Waals surface area contributed by atoms with Gasteiger partial charge < -0.3 is 5.32 Å². The van der Waals surface area contributed by atoms with Gasteiger partial charge in [0.15, 0.2) is 0 Å². The monoisotopic (exact) mass is 343 g/mol. The van der Waals surface area contributed by atoms with Crippen LogP contribution in [-0.4, -0.2) is 16.1 Å². The molecule has 3 nitrogen and oxygen atoms in total. The van der Waals surface area contributed by atoms with Gasteiger partial charge in [-0.15, -0.1) is 0 Å². The molecule has 3 aromatic rings. The summed E-state index contributed by atoms with van der Waals surface area (Å²) in [6.07, 6.45) is 3.83. The lowest BCUT2D eigenvalue weighted by Crippen LogP contribution is -2.12. The zero-order valence-electron chi connectivity index (χ0n) is 12.2. The summed E-state index contributed by atoms with van der Waals surface area (Å²) in [6, 6.07) is 12.6. The molecule has 0 aliphatic rings. The van der Waals surface area contributed by atoms with Gasteiger partial charge in [0.05, 0.1) is 5.69 Å². The first-order valence-electron chi connectivity index (χ1n) is 7.11. The van der Waals surface area contributed by atoms with E-state index in [1.165, 1.54) is 10.8 Å². The topological polar surface area (TPSA) is 29.9 Å². The van der Waals surface area contributed by atoms with Crippen molar-refractivity contribution in [1.82, 2.24) is 9.55 Å².